The maximum Gasteiger partial charge on any atom is 0.0847 e. The topological polar surface area (TPSA) is 69.6 Å². The Bertz CT molecular complexity index is 577. The van der Waals surface area contributed by atoms with Gasteiger partial charge in [-0.05, 0) is 31.8 Å². The average Bonchev–Trinajstić information content (AvgIpc) is 2.99. The summed E-state index contributed by atoms with van der Waals surface area (Å²) >= 11 is 7.72. The number of hydrogen-bond acceptors (Lipinski definition) is 5. The number of aromatic nitrogens is 4. The van der Waals surface area contributed by atoms with Crippen molar-refractivity contribution in [3.63, 3.8) is 0 Å². The highest BCUT2D eigenvalue weighted by Gasteiger charge is 2.20. The summed E-state index contributed by atoms with van der Waals surface area (Å²) in [5, 5.41) is 9.31. The molecule has 2 heterocycles. The van der Waals surface area contributed by atoms with Crippen LogP contribution in [0.15, 0.2) is 0 Å². The first-order chi connectivity index (χ1) is 9.58. The molecule has 0 aliphatic carbocycles. The molecule has 1 unspecified atom stereocenters. The fraction of sp³-hybridized carbons (Fsp3) is 0.615. The summed E-state index contributed by atoms with van der Waals surface area (Å²) in [6.45, 7) is 6.88. The lowest BCUT2D eigenvalue weighted by atomic mass is 10.1. The van der Waals surface area contributed by atoms with Crippen LogP contribution in [-0.2, 0) is 19.4 Å². The summed E-state index contributed by atoms with van der Waals surface area (Å²) < 4.78 is 5.95. The molecule has 0 fully saturated rings. The third kappa shape index (κ3) is 3.02. The Hall–Kier alpha value is -0.980. The van der Waals surface area contributed by atoms with Crippen LogP contribution in [-0.4, -0.2) is 19.4 Å². The maximum absolute atomic E-state index is 6.33. The summed E-state index contributed by atoms with van der Waals surface area (Å²) in [7, 11) is 0. The fourth-order valence-electron chi connectivity index (χ4n) is 2.27. The van der Waals surface area contributed by atoms with E-state index in [1.807, 2.05) is 11.6 Å². The van der Waals surface area contributed by atoms with E-state index in [0.29, 0.717) is 6.42 Å². The molecule has 1 atom stereocenters. The first-order valence-corrected chi connectivity index (χ1v) is 8.02. The minimum Gasteiger partial charge on any atom is -0.323 e. The molecule has 5 nitrogen and oxygen atoms in total. The van der Waals surface area contributed by atoms with E-state index in [-0.39, 0.29) is 6.04 Å². The molecule has 0 radical (unpaired) electrons. The van der Waals surface area contributed by atoms with Gasteiger partial charge in [0, 0.05) is 19.0 Å². The second kappa shape index (κ2) is 6.65. The molecule has 20 heavy (non-hydrogen) atoms. The van der Waals surface area contributed by atoms with Gasteiger partial charge in [0.1, 0.15) is 0 Å². The predicted molar refractivity (Wildman–Crippen MR) is 82.2 cm³/mol. The van der Waals surface area contributed by atoms with Crippen LogP contribution in [0, 0.1) is 6.92 Å². The summed E-state index contributed by atoms with van der Waals surface area (Å²) in [4.78, 5) is 1.06. The molecule has 2 rings (SSSR count). The van der Waals surface area contributed by atoms with Gasteiger partial charge in [-0.3, -0.25) is 4.68 Å². The van der Waals surface area contributed by atoms with Gasteiger partial charge in [0.2, 0.25) is 0 Å². The first-order valence-electron chi connectivity index (χ1n) is 6.86. The minimum atomic E-state index is -0.129. The van der Waals surface area contributed by atoms with Crippen molar-refractivity contribution in [1.82, 2.24) is 19.4 Å². The maximum atomic E-state index is 6.33. The van der Waals surface area contributed by atoms with Gasteiger partial charge in [-0.2, -0.15) is 5.10 Å². The first kappa shape index (κ1) is 15.4. The Morgan fingerprint density at radius 2 is 2.15 bits per heavy atom. The summed E-state index contributed by atoms with van der Waals surface area (Å²) in [6.07, 6.45) is 2.62. The number of halogens is 1. The Kier molecular flexibility index (Phi) is 5.12. The molecule has 0 aromatic carbocycles. The fourth-order valence-corrected chi connectivity index (χ4v) is 3.18. The van der Waals surface area contributed by atoms with E-state index in [2.05, 4.69) is 28.5 Å². The van der Waals surface area contributed by atoms with E-state index >= 15 is 0 Å². The summed E-state index contributed by atoms with van der Waals surface area (Å²) in [5.41, 5.74) is 9.20. The molecule has 0 aliphatic heterocycles. The molecular weight excluding hydrogens is 294 g/mol. The number of hydrogen-bond donors (Lipinski definition) is 1. The van der Waals surface area contributed by atoms with E-state index in [1.54, 1.807) is 0 Å². The number of rotatable bonds is 6. The van der Waals surface area contributed by atoms with Gasteiger partial charge >= 0.3 is 0 Å². The highest BCUT2D eigenvalue weighted by atomic mass is 35.5. The zero-order chi connectivity index (χ0) is 14.7. The van der Waals surface area contributed by atoms with Gasteiger partial charge in [0.05, 0.1) is 27.0 Å². The van der Waals surface area contributed by atoms with Crippen LogP contribution < -0.4 is 5.73 Å². The van der Waals surface area contributed by atoms with Crippen molar-refractivity contribution in [3.05, 3.63) is 27.0 Å². The van der Waals surface area contributed by atoms with Crippen LogP contribution in [0.5, 0.6) is 0 Å². The van der Waals surface area contributed by atoms with Crippen LogP contribution in [0.4, 0.5) is 0 Å². The zero-order valence-electron chi connectivity index (χ0n) is 12.1. The molecule has 2 N–H and O–H groups in total. The largest absolute Gasteiger partial charge is 0.323 e. The van der Waals surface area contributed by atoms with Gasteiger partial charge in [-0.1, -0.05) is 29.4 Å². The number of nitrogens with two attached hydrogens (primary N) is 1. The van der Waals surface area contributed by atoms with E-state index in [1.165, 1.54) is 11.5 Å². The Morgan fingerprint density at radius 1 is 1.40 bits per heavy atom. The van der Waals surface area contributed by atoms with Gasteiger partial charge < -0.3 is 5.73 Å². The number of aryl methyl sites for hydroxylation is 3. The van der Waals surface area contributed by atoms with E-state index < -0.39 is 0 Å². The molecular formula is C13H20ClN5S. The normalized spacial score (nSPS) is 12.8. The van der Waals surface area contributed by atoms with E-state index in [9.17, 15) is 0 Å². The molecule has 0 aliphatic rings. The van der Waals surface area contributed by atoms with Gasteiger partial charge in [0.15, 0.2) is 0 Å². The van der Waals surface area contributed by atoms with Crippen molar-refractivity contribution < 1.29 is 0 Å². The van der Waals surface area contributed by atoms with Gasteiger partial charge in [-0.25, -0.2) is 0 Å². The van der Waals surface area contributed by atoms with Crippen molar-refractivity contribution >= 4 is 23.1 Å². The van der Waals surface area contributed by atoms with Crippen LogP contribution in [0.2, 0.25) is 5.02 Å². The standard InChI is InChI=1S/C13H20ClN5S/c1-4-6-10-13(20-18-16-10)9(15)7-11-12(14)8(3)17-19(11)5-2/h9H,4-7,15H2,1-3H3. The molecule has 0 saturated carbocycles. The van der Waals surface area contributed by atoms with Crippen LogP contribution in [0.25, 0.3) is 0 Å². The molecule has 0 spiro atoms. The molecule has 2 aromatic rings. The lowest BCUT2D eigenvalue weighted by Gasteiger charge is -2.12. The Morgan fingerprint density at radius 3 is 2.80 bits per heavy atom. The van der Waals surface area contributed by atoms with Crippen molar-refractivity contribution in [2.75, 3.05) is 0 Å². The molecule has 7 heteroatoms. The third-order valence-electron chi connectivity index (χ3n) is 3.27. The highest BCUT2D eigenvalue weighted by molar-refractivity contribution is 7.05. The second-order valence-corrected chi connectivity index (χ2v) is 5.97. The molecule has 110 valence electrons. The summed E-state index contributed by atoms with van der Waals surface area (Å²) in [5.74, 6) is 0. The molecule has 0 saturated heterocycles. The summed E-state index contributed by atoms with van der Waals surface area (Å²) in [6, 6.07) is -0.129. The molecule has 2 aromatic heterocycles. The van der Waals surface area contributed by atoms with E-state index in [4.69, 9.17) is 17.3 Å². The second-order valence-electron chi connectivity index (χ2n) is 4.81. The lowest BCUT2D eigenvalue weighted by molar-refractivity contribution is 0.588. The number of nitrogens with zero attached hydrogens (tertiary/aromatic N) is 4. The van der Waals surface area contributed by atoms with Gasteiger partial charge in [-0.15, -0.1) is 5.10 Å². The monoisotopic (exact) mass is 313 g/mol. The van der Waals surface area contributed by atoms with Crippen LogP contribution in [0.3, 0.4) is 0 Å². The Labute approximate surface area is 128 Å². The SMILES string of the molecule is CCCc1nnsc1C(N)Cc1c(Cl)c(C)nn1CC. The molecule has 0 amide bonds. The smallest absolute Gasteiger partial charge is 0.0847 e. The van der Waals surface area contributed by atoms with Crippen molar-refractivity contribution in [2.24, 2.45) is 5.73 Å². The predicted octanol–water partition coefficient (Wildman–Crippen LogP) is 2.91. The minimum absolute atomic E-state index is 0.129. The van der Waals surface area contributed by atoms with Crippen molar-refractivity contribution in [1.29, 1.82) is 0 Å². The van der Waals surface area contributed by atoms with Crippen LogP contribution >= 0.6 is 23.1 Å². The lowest BCUT2D eigenvalue weighted by Crippen LogP contribution is -2.16. The highest BCUT2D eigenvalue weighted by Crippen LogP contribution is 2.27. The Balaban J connectivity index is 2.23. The van der Waals surface area contributed by atoms with Crippen molar-refractivity contribution in [3.8, 4) is 0 Å². The average molecular weight is 314 g/mol. The van der Waals surface area contributed by atoms with Crippen LogP contribution in [0.1, 0.15) is 48.3 Å². The quantitative estimate of drug-likeness (QED) is 0.890. The zero-order valence-corrected chi connectivity index (χ0v) is 13.6. The molecule has 0 bridgehead atoms. The van der Waals surface area contributed by atoms with E-state index in [0.717, 1.165) is 46.4 Å². The van der Waals surface area contributed by atoms with Gasteiger partial charge in [0.25, 0.3) is 0 Å². The van der Waals surface area contributed by atoms with Crippen molar-refractivity contribution in [2.45, 2.75) is 52.6 Å². The third-order valence-corrected chi connectivity index (χ3v) is 4.66.